The van der Waals surface area contributed by atoms with Gasteiger partial charge >= 0.3 is 0 Å². The Morgan fingerprint density at radius 2 is 1.83 bits per heavy atom. The van der Waals surface area contributed by atoms with E-state index in [-0.39, 0.29) is 12.1 Å². The lowest BCUT2D eigenvalue weighted by atomic mass is 9.85. The third kappa shape index (κ3) is 2.66. The lowest BCUT2D eigenvalue weighted by molar-refractivity contribution is 0.223. The van der Waals surface area contributed by atoms with Gasteiger partial charge in [0.2, 0.25) is 5.95 Å². The van der Waals surface area contributed by atoms with Gasteiger partial charge in [-0.15, -0.1) is 0 Å². The molecule has 2 aliphatic rings. The number of hydrogen-bond donors (Lipinski definition) is 1. The van der Waals surface area contributed by atoms with Crippen molar-refractivity contribution in [2.24, 2.45) is 0 Å². The average Bonchev–Trinajstić information content (AvgIpc) is 3.26. The van der Waals surface area contributed by atoms with E-state index >= 15 is 0 Å². The Labute approximate surface area is 181 Å². The highest BCUT2D eigenvalue weighted by atomic mass is 79.9. The van der Waals surface area contributed by atoms with Gasteiger partial charge in [0.05, 0.1) is 5.70 Å². The van der Waals surface area contributed by atoms with Crippen molar-refractivity contribution < 1.29 is 4.74 Å². The SMILES string of the molecule is Brc1ccc([C@H]2Oc3ccccc3C3=C2[C@@H](c2cccnc2)n2ncnc2N3)cc1. The number of rotatable bonds is 2. The number of ether oxygens (including phenoxy) is 1. The Kier molecular flexibility index (Phi) is 3.95. The van der Waals surface area contributed by atoms with Crippen molar-refractivity contribution in [3.8, 4) is 5.75 Å². The molecule has 0 fully saturated rings. The molecule has 6 rings (SSSR count). The fourth-order valence-electron chi connectivity index (χ4n) is 4.19. The summed E-state index contributed by atoms with van der Waals surface area (Å²) in [6.07, 6.45) is 4.95. The predicted octanol–water partition coefficient (Wildman–Crippen LogP) is 5.00. The number of nitrogens with zero attached hydrogens (tertiary/aromatic N) is 4. The van der Waals surface area contributed by atoms with Crippen LogP contribution in [-0.4, -0.2) is 19.7 Å². The number of fused-ring (bicyclic) bond motifs is 3. The summed E-state index contributed by atoms with van der Waals surface area (Å²) in [7, 11) is 0. The highest BCUT2D eigenvalue weighted by molar-refractivity contribution is 9.10. The Balaban J connectivity index is 1.63. The highest BCUT2D eigenvalue weighted by Crippen LogP contribution is 2.50. The van der Waals surface area contributed by atoms with Crippen LogP contribution in [-0.2, 0) is 0 Å². The zero-order valence-corrected chi connectivity index (χ0v) is 17.3. The predicted molar refractivity (Wildman–Crippen MR) is 117 cm³/mol. The van der Waals surface area contributed by atoms with Crippen molar-refractivity contribution >= 4 is 27.6 Å². The first-order valence-electron chi connectivity index (χ1n) is 9.61. The Hall–Kier alpha value is -3.45. The zero-order chi connectivity index (χ0) is 20.1. The Morgan fingerprint density at radius 3 is 2.67 bits per heavy atom. The first-order chi connectivity index (χ1) is 14.8. The van der Waals surface area contributed by atoms with Gasteiger partial charge in [-0.3, -0.25) is 4.98 Å². The van der Waals surface area contributed by atoms with E-state index in [2.05, 4.69) is 60.6 Å². The van der Waals surface area contributed by atoms with E-state index in [1.807, 2.05) is 47.3 Å². The Bertz CT molecular complexity index is 1270. The molecule has 0 aliphatic carbocycles. The van der Waals surface area contributed by atoms with E-state index in [0.29, 0.717) is 5.95 Å². The second kappa shape index (κ2) is 6.81. The molecule has 1 N–H and O–H groups in total. The minimum absolute atomic E-state index is 0.186. The molecule has 4 aromatic rings. The number of para-hydroxylation sites is 1. The average molecular weight is 458 g/mol. The van der Waals surface area contributed by atoms with Crippen LogP contribution in [0.5, 0.6) is 5.75 Å². The van der Waals surface area contributed by atoms with Crippen molar-refractivity contribution in [3.05, 3.63) is 106 Å². The number of halogens is 1. The first kappa shape index (κ1) is 17.4. The van der Waals surface area contributed by atoms with Crippen LogP contribution in [0.15, 0.2) is 89.4 Å². The zero-order valence-electron chi connectivity index (χ0n) is 15.7. The highest BCUT2D eigenvalue weighted by Gasteiger charge is 2.40. The van der Waals surface area contributed by atoms with E-state index in [1.165, 1.54) is 0 Å². The van der Waals surface area contributed by atoms with Gasteiger partial charge < -0.3 is 10.1 Å². The normalized spacial score (nSPS) is 19.2. The van der Waals surface area contributed by atoms with E-state index < -0.39 is 0 Å². The summed E-state index contributed by atoms with van der Waals surface area (Å²) in [5.74, 6) is 1.54. The first-order valence-corrected chi connectivity index (χ1v) is 10.4. The molecule has 7 heteroatoms. The molecule has 2 atom stereocenters. The number of anilines is 1. The van der Waals surface area contributed by atoms with Crippen molar-refractivity contribution in [1.29, 1.82) is 0 Å². The van der Waals surface area contributed by atoms with Gasteiger partial charge in [-0.2, -0.15) is 10.1 Å². The maximum Gasteiger partial charge on any atom is 0.226 e. The van der Waals surface area contributed by atoms with Crippen LogP contribution >= 0.6 is 15.9 Å². The molecule has 0 bridgehead atoms. The molecule has 2 aliphatic heterocycles. The fourth-order valence-corrected chi connectivity index (χ4v) is 4.45. The fraction of sp³-hybridized carbons (Fsp3) is 0.0870. The van der Waals surface area contributed by atoms with Crippen molar-refractivity contribution in [3.63, 3.8) is 0 Å². The summed E-state index contributed by atoms with van der Waals surface area (Å²) in [6.45, 7) is 0. The summed E-state index contributed by atoms with van der Waals surface area (Å²) in [5, 5.41) is 8.03. The Morgan fingerprint density at radius 1 is 0.967 bits per heavy atom. The van der Waals surface area contributed by atoms with Crippen LogP contribution in [0.2, 0.25) is 0 Å². The van der Waals surface area contributed by atoms with Gasteiger partial charge in [0.15, 0.2) is 0 Å². The molecular weight excluding hydrogens is 442 g/mol. The summed E-state index contributed by atoms with van der Waals surface area (Å²) < 4.78 is 9.51. The minimum atomic E-state index is -0.280. The third-order valence-electron chi connectivity index (χ3n) is 5.49. The second-order valence-corrected chi connectivity index (χ2v) is 8.13. The smallest absolute Gasteiger partial charge is 0.226 e. The summed E-state index contributed by atoms with van der Waals surface area (Å²) >= 11 is 3.53. The van der Waals surface area contributed by atoms with Gasteiger partial charge in [-0.25, -0.2) is 4.68 Å². The molecule has 0 unspecified atom stereocenters. The standard InChI is InChI=1S/C23H16BrN5O/c24-16-9-7-14(8-10-16)22-19-20(17-5-1-2-6-18(17)30-22)28-23-26-13-27-29(23)21(19)15-4-3-11-25-12-15/h1-13,21-22H,(H,26,27,28)/t21-,22-/m1/s1. The molecule has 0 spiro atoms. The molecule has 0 saturated carbocycles. The molecule has 6 nitrogen and oxygen atoms in total. The molecule has 0 radical (unpaired) electrons. The lowest BCUT2D eigenvalue weighted by Crippen LogP contribution is -2.32. The molecule has 0 saturated heterocycles. The van der Waals surface area contributed by atoms with Crippen LogP contribution in [0.4, 0.5) is 5.95 Å². The van der Waals surface area contributed by atoms with Crippen molar-refractivity contribution in [2.75, 3.05) is 5.32 Å². The number of nitrogens with one attached hydrogen (secondary N) is 1. The topological polar surface area (TPSA) is 64.9 Å². The van der Waals surface area contributed by atoms with E-state index in [0.717, 1.165) is 38.2 Å². The maximum atomic E-state index is 6.58. The number of aromatic nitrogens is 4. The van der Waals surface area contributed by atoms with Gasteiger partial charge in [-0.1, -0.05) is 46.3 Å². The van der Waals surface area contributed by atoms with Crippen LogP contribution in [0, 0.1) is 0 Å². The lowest BCUT2D eigenvalue weighted by Gasteiger charge is -2.38. The molecular formula is C23H16BrN5O. The van der Waals surface area contributed by atoms with E-state index in [9.17, 15) is 0 Å². The van der Waals surface area contributed by atoms with Crippen molar-refractivity contribution in [1.82, 2.24) is 19.7 Å². The van der Waals surface area contributed by atoms with Crippen LogP contribution in [0.3, 0.4) is 0 Å². The van der Waals surface area contributed by atoms with Gasteiger partial charge in [-0.05, 0) is 41.5 Å². The second-order valence-electron chi connectivity index (χ2n) is 7.22. The molecule has 30 heavy (non-hydrogen) atoms. The van der Waals surface area contributed by atoms with Crippen molar-refractivity contribution in [2.45, 2.75) is 12.1 Å². The summed E-state index contributed by atoms with van der Waals surface area (Å²) in [5.41, 5.74) is 5.22. The number of hydrogen-bond acceptors (Lipinski definition) is 5. The largest absolute Gasteiger partial charge is 0.480 e. The molecule has 146 valence electrons. The van der Waals surface area contributed by atoms with E-state index in [1.54, 1.807) is 12.5 Å². The molecule has 2 aromatic carbocycles. The van der Waals surface area contributed by atoms with Crippen LogP contribution < -0.4 is 10.1 Å². The molecule has 4 heterocycles. The molecule has 2 aromatic heterocycles. The van der Waals surface area contributed by atoms with Crippen LogP contribution in [0.1, 0.15) is 28.8 Å². The summed E-state index contributed by atoms with van der Waals surface area (Å²) in [6, 6.07) is 20.2. The quantitative estimate of drug-likeness (QED) is 0.458. The van der Waals surface area contributed by atoms with E-state index in [4.69, 9.17) is 4.74 Å². The number of pyridine rings is 1. The van der Waals surface area contributed by atoms with Gasteiger partial charge in [0, 0.05) is 28.0 Å². The minimum Gasteiger partial charge on any atom is -0.480 e. The van der Waals surface area contributed by atoms with Gasteiger partial charge in [0.1, 0.15) is 24.2 Å². The maximum absolute atomic E-state index is 6.58. The monoisotopic (exact) mass is 457 g/mol. The number of benzene rings is 2. The van der Waals surface area contributed by atoms with Crippen LogP contribution in [0.25, 0.3) is 5.70 Å². The summed E-state index contributed by atoms with van der Waals surface area (Å²) in [4.78, 5) is 8.80. The molecule has 0 amide bonds. The van der Waals surface area contributed by atoms with Gasteiger partial charge in [0.25, 0.3) is 0 Å². The third-order valence-corrected chi connectivity index (χ3v) is 6.02.